The Morgan fingerprint density at radius 3 is 2.36 bits per heavy atom. The van der Waals surface area contributed by atoms with E-state index in [4.69, 9.17) is 9.26 Å². The minimum atomic E-state index is -0.445. The number of benzene rings is 1. The number of amides is 2. The molecule has 2 aromatic heterocycles. The summed E-state index contributed by atoms with van der Waals surface area (Å²) in [6.45, 7) is 5.53. The van der Waals surface area contributed by atoms with Crippen molar-refractivity contribution in [3.63, 3.8) is 0 Å². The zero-order valence-corrected chi connectivity index (χ0v) is 15.7. The van der Waals surface area contributed by atoms with Gasteiger partial charge in [-0.25, -0.2) is 0 Å². The van der Waals surface area contributed by atoms with E-state index in [1.54, 1.807) is 31.2 Å². The number of nitrogens with zero attached hydrogens (tertiary/aromatic N) is 2. The average Bonchev–Trinajstić information content (AvgIpc) is 3.07. The maximum Gasteiger partial charge on any atom is 0.258 e. The lowest BCUT2D eigenvalue weighted by molar-refractivity contribution is 0.102. The number of anilines is 2. The van der Waals surface area contributed by atoms with Crippen molar-refractivity contribution in [1.29, 1.82) is 0 Å². The Balaban J connectivity index is 1.75. The highest BCUT2D eigenvalue weighted by molar-refractivity contribution is 6.08. The Kier molecular flexibility index (Phi) is 5.69. The summed E-state index contributed by atoms with van der Waals surface area (Å²) in [5.74, 6) is 0.577. The van der Waals surface area contributed by atoms with Crippen molar-refractivity contribution >= 4 is 23.3 Å². The lowest BCUT2D eigenvalue weighted by Crippen LogP contribution is -2.17. The highest BCUT2D eigenvalue weighted by Gasteiger charge is 2.15. The molecule has 3 rings (SSSR count). The lowest BCUT2D eigenvalue weighted by Gasteiger charge is -2.14. The summed E-state index contributed by atoms with van der Waals surface area (Å²) in [7, 11) is 0. The number of carbonyl (C=O) groups excluding carboxylic acids is 2. The molecule has 0 unspecified atom stereocenters. The SMILES string of the molecule is Cc1cc(NC(=O)c2cncc(C(=O)Nc3ccccc3OC(C)C)c2)no1. The van der Waals surface area contributed by atoms with E-state index in [1.807, 2.05) is 19.9 Å². The molecular formula is C20H20N4O4. The van der Waals surface area contributed by atoms with Gasteiger partial charge in [-0.05, 0) is 39.0 Å². The summed E-state index contributed by atoms with van der Waals surface area (Å²) in [4.78, 5) is 29.0. The summed E-state index contributed by atoms with van der Waals surface area (Å²) in [5.41, 5.74) is 0.998. The molecule has 28 heavy (non-hydrogen) atoms. The first kappa shape index (κ1) is 19.1. The van der Waals surface area contributed by atoms with E-state index < -0.39 is 11.8 Å². The van der Waals surface area contributed by atoms with Crippen LogP contribution in [0, 0.1) is 6.92 Å². The van der Waals surface area contributed by atoms with Crippen molar-refractivity contribution in [2.75, 3.05) is 10.6 Å². The van der Waals surface area contributed by atoms with E-state index in [0.29, 0.717) is 17.2 Å². The van der Waals surface area contributed by atoms with Gasteiger partial charge < -0.3 is 19.9 Å². The number of rotatable bonds is 6. The first-order valence-corrected chi connectivity index (χ1v) is 8.69. The van der Waals surface area contributed by atoms with Crippen LogP contribution in [0.1, 0.15) is 40.3 Å². The molecule has 2 amide bonds. The predicted octanol–water partition coefficient (Wildman–Crippen LogP) is 3.67. The molecule has 0 aliphatic carbocycles. The first-order chi connectivity index (χ1) is 13.4. The van der Waals surface area contributed by atoms with Crippen molar-refractivity contribution in [2.24, 2.45) is 0 Å². The maximum absolute atomic E-state index is 12.6. The molecule has 0 aliphatic rings. The normalized spacial score (nSPS) is 10.6. The molecule has 0 saturated carbocycles. The predicted molar refractivity (Wildman–Crippen MR) is 104 cm³/mol. The third-order valence-corrected chi connectivity index (χ3v) is 3.63. The average molecular weight is 380 g/mol. The van der Waals surface area contributed by atoms with Gasteiger partial charge in [0.2, 0.25) is 0 Å². The summed E-state index contributed by atoms with van der Waals surface area (Å²) in [5, 5.41) is 9.09. The number of hydrogen-bond donors (Lipinski definition) is 2. The number of carbonyl (C=O) groups is 2. The number of para-hydroxylation sites is 2. The fourth-order valence-corrected chi connectivity index (χ4v) is 2.42. The molecule has 8 heteroatoms. The van der Waals surface area contributed by atoms with E-state index >= 15 is 0 Å². The maximum atomic E-state index is 12.6. The van der Waals surface area contributed by atoms with Crippen LogP contribution in [0.4, 0.5) is 11.5 Å². The topological polar surface area (TPSA) is 106 Å². The minimum absolute atomic E-state index is 0.0353. The zero-order chi connectivity index (χ0) is 20.1. The van der Waals surface area contributed by atoms with Crippen LogP contribution in [0.25, 0.3) is 0 Å². The largest absolute Gasteiger partial charge is 0.489 e. The highest BCUT2D eigenvalue weighted by atomic mass is 16.5. The van der Waals surface area contributed by atoms with E-state index in [9.17, 15) is 9.59 Å². The Hall–Kier alpha value is -3.68. The second-order valence-corrected chi connectivity index (χ2v) is 6.36. The summed E-state index contributed by atoms with van der Waals surface area (Å²) < 4.78 is 10.6. The molecular weight excluding hydrogens is 360 g/mol. The molecule has 2 N–H and O–H groups in total. The quantitative estimate of drug-likeness (QED) is 0.676. The molecule has 0 saturated heterocycles. The molecule has 0 spiro atoms. The molecule has 0 radical (unpaired) electrons. The van der Waals surface area contributed by atoms with E-state index in [1.165, 1.54) is 18.5 Å². The number of ether oxygens (including phenoxy) is 1. The summed E-state index contributed by atoms with van der Waals surface area (Å²) in [6.07, 6.45) is 2.72. The fraction of sp³-hybridized carbons (Fsp3) is 0.200. The van der Waals surface area contributed by atoms with Gasteiger partial charge in [-0.1, -0.05) is 17.3 Å². The highest BCUT2D eigenvalue weighted by Crippen LogP contribution is 2.25. The molecule has 0 bridgehead atoms. The third-order valence-electron chi connectivity index (χ3n) is 3.63. The third kappa shape index (κ3) is 4.73. The summed E-state index contributed by atoms with van der Waals surface area (Å²) >= 11 is 0. The van der Waals surface area contributed by atoms with Crippen LogP contribution in [0.2, 0.25) is 0 Å². The number of aromatic nitrogens is 2. The van der Waals surface area contributed by atoms with Crippen LogP contribution in [0.5, 0.6) is 5.75 Å². The number of aryl methyl sites for hydroxylation is 1. The van der Waals surface area contributed by atoms with Crippen molar-refractivity contribution in [1.82, 2.24) is 10.1 Å². The minimum Gasteiger partial charge on any atom is -0.489 e. The summed E-state index contributed by atoms with van der Waals surface area (Å²) in [6, 6.07) is 10.2. The number of pyridine rings is 1. The van der Waals surface area contributed by atoms with E-state index in [-0.39, 0.29) is 23.0 Å². The van der Waals surface area contributed by atoms with Crippen LogP contribution in [0.15, 0.2) is 53.3 Å². The van der Waals surface area contributed by atoms with Gasteiger partial charge in [0.25, 0.3) is 11.8 Å². The van der Waals surface area contributed by atoms with Gasteiger partial charge in [0.15, 0.2) is 5.82 Å². The Labute approximate surface area is 161 Å². The van der Waals surface area contributed by atoms with Crippen molar-refractivity contribution in [3.8, 4) is 5.75 Å². The smallest absolute Gasteiger partial charge is 0.258 e. The van der Waals surface area contributed by atoms with Crippen molar-refractivity contribution < 1.29 is 18.8 Å². The van der Waals surface area contributed by atoms with Gasteiger partial charge in [0.05, 0.1) is 22.9 Å². The molecule has 144 valence electrons. The van der Waals surface area contributed by atoms with Gasteiger partial charge in [0.1, 0.15) is 11.5 Å². The van der Waals surface area contributed by atoms with Gasteiger partial charge in [-0.15, -0.1) is 0 Å². The number of hydrogen-bond acceptors (Lipinski definition) is 6. The molecule has 1 aromatic carbocycles. The van der Waals surface area contributed by atoms with Crippen LogP contribution in [-0.4, -0.2) is 28.1 Å². The monoisotopic (exact) mass is 380 g/mol. The van der Waals surface area contributed by atoms with Gasteiger partial charge >= 0.3 is 0 Å². The molecule has 0 fully saturated rings. The van der Waals surface area contributed by atoms with Gasteiger partial charge in [-0.2, -0.15) is 0 Å². The second kappa shape index (κ2) is 8.34. The molecule has 0 aliphatic heterocycles. The Bertz CT molecular complexity index is 997. The molecule has 0 atom stereocenters. The lowest BCUT2D eigenvalue weighted by atomic mass is 10.1. The van der Waals surface area contributed by atoms with Crippen molar-refractivity contribution in [3.05, 3.63) is 65.7 Å². The Morgan fingerprint density at radius 1 is 1.04 bits per heavy atom. The van der Waals surface area contributed by atoms with Crippen LogP contribution in [-0.2, 0) is 0 Å². The number of nitrogens with one attached hydrogen (secondary N) is 2. The van der Waals surface area contributed by atoms with Gasteiger partial charge in [-0.3, -0.25) is 14.6 Å². The zero-order valence-electron chi connectivity index (χ0n) is 15.7. The van der Waals surface area contributed by atoms with Crippen LogP contribution in [0.3, 0.4) is 0 Å². The van der Waals surface area contributed by atoms with Crippen LogP contribution < -0.4 is 15.4 Å². The Morgan fingerprint density at radius 2 is 1.71 bits per heavy atom. The van der Waals surface area contributed by atoms with Crippen LogP contribution >= 0.6 is 0 Å². The van der Waals surface area contributed by atoms with Gasteiger partial charge in [0, 0.05) is 18.5 Å². The first-order valence-electron chi connectivity index (χ1n) is 8.69. The molecule has 3 aromatic rings. The van der Waals surface area contributed by atoms with E-state index in [2.05, 4.69) is 20.8 Å². The van der Waals surface area contributed by atoms with Crippen molar-refractivity contribution in [2.45, 2.75) is 26.9 Å². The second-order valence-electron chi connectivity index (χ2n) is 6.36. The fourth-order valence-electron chi connectivity index (χ4n) is 2.42. The van der Waals surface area contributed by atoms with E-state index in [0.717, 1.165) is 0 Å². The molecule has 8 nitrogen and oxygen atoms in total. The standard InChI is InChI=1S/C20H20N4O4/c1-12(2)27-17-7-5-4-6-16(17)22-19(25)14-9-15(11-21-10-14)20(26)23-18-8-13(3)28-24-18/h4-12H,1-3H3,(H,22,25)(H,23,24,26). The molecule has 2 heterocycles.